The lowest BCUT2D eigenvalue weighted by Gasteiger charge is -2.27. The Balaban J connectivity index is 0.00000320. The van der Waals surface area contributed by atoms with E-state index in [2.05, 4.69) is 46.7 Å². The number of aliphatic imine (C=N–C) groups is 1. The molecule has 0 spiro atoms. The Morgan fingerprint density at radius 1 is 1.07 bits per heavy atom. The fourth-order valence-electron chi connectivity index (χ4n) is 3.41. The van der Waals surface area contributed by atoms with E-state index in [-0.39, 0.29) is 24.0 Å². The van der Waals surface area contributed by atoms with Crippen LogP contribution in [0.2, 0.25) is 0 Å². The van der Waals surface area contributed by atoms with Crippen LogP contribution in [0.4, 0.5) is 0 Å². The number of morpholine rings is 1. The van der Waals surface area contributed by atoms with Crippen LogP contribution in [-0.2, 0) is 24.2 Å². The van der Waals surface area contributed by atoms with E-state index in [4.69, 9.17) is 9.73 Å². The van der Waals surface area contributed by atoms with Crippen molar-refractivity contribution in [2.45, 2.75) is 26.4 Å². The molecule has 0 radical (unpaired) electrons. The first kappa shape index (κ1) is 24.4. The normalized spacial score (nSPS) is 14.8. The largest absolute Gasteiger partial charge is 0.508 e. The topological polar surface area (TPSA) is 69.1 Å². The highest BCUT2D eigenvalue weighted by molar-refractivity contribution is 14.0. The molecule has 30 heavy (non-hydrogen) atoms. The SMILES string of the molecule is CCNC(=NCc1ccccc1CN1CCOCC1)NCCc1cccc(O)c1.I. The molecule has 1 aliphatic rings. The van der Waals surface area contributed by atoms with Gasteiger partial charge in [-0.15, -0.1) is 24.0 Å². The molecule has 2 aromatic carbocycles. The van der Waals surface area contributed by atoms with Gasteiger partial charge in [-0.25, -0.2) is 4.99 Å². The summed E-state index contributed by atoms with van der Waals surface area (Å²) < 4.78 is 5.46. The van der Waals surface area contributed by atoms with Crippen molar-refractivity contribution < 1.29 is 9.84 Å². The molecule has 3 rings (SSSR count). The van der Waals surface area contributed by atoms with Crippen LogP contribution >= 0.6 is 24.0 Å². The summed E-state index contributed by atoms with van der Waals surface area (Å²) in [7, 11) is 0. The average molecular weight is 524 g/mol. The summed E-state index contributed by atoms with van der Waals surface area (Å²) >= 11 is 0. The molecular formula is C23H33IN4O2. The number of nitrogens with one attached hydrogen (secondary N) is 2. The number of aromatic hydroxyl groups is 1. The minimum absolute atomic E-state index is 0. The predicted octanol–water partition coefficient (Wildman–Crippen LogP) is 3.14. The van der Waals surface area contributed by atoms with Crippen LogP contribution in [0.5, 0.6) is 5.75 Å². The maximum absolute atomic E-state index is 9.59. The van der Waals surface area contributed by atoms with Crippen LogP contribution in [0.25, 0.3) is 0 Å². The molecule has 0 aromatic heterocycles. The van der Waals surface area contributed by atoms with Crippen molar-refractivity contribution in [1.82, 2.24) is 15.5 Å². The lowest BCUT2D eigenvalue weighted by atomic mass is 10.1. The fourth-order valence-corrected chi connectivity index (χ4v) is 3.41. The number of guanidine groups is 1. The first-order chi connectivity index (χ1) is 14.2. The Morgan fingerprint density at radius 3 is 2.57 bits per heavy atom. The predicted molar refractivity (Wildman–Crippen MR) is 133 cm³/mol. The maximum atomic E-state index is 9.59. The number of hydrogen-bond acceptors (Lipinski definition) is 4. The van der Waals surface area contributed by atoms with Crippen LogP contribution in [0.3, 0.4) is 0 Å². The minimum atomic E-state index is 0. The quantitative estimate of drug-likeness (QED) is 0.281. The van der Waals surface area contributed by atoms with Gasteiger partial charge in [-0.2, -0.15) is 0 Å². The third-order valence-electron chi connectivity index (χ3n) is 4.98. The van der Waals surface area contributed by atoms with E-state index in [9.17, 15) is 5.11 Å². The number of halogens is 1. The van der Waals surface area contributed by atoms with Gasteiger partial charge in [-0.1, -0.05) is 36.4 Å². The second-order valence-electron chi connectivity index (χ2n) is 7.20. The zero-order chi connectivity index (χ0) is 20.3. The smallest absolute Gasteiger partial charge is 0.191 e. The van der Waals surface area contributed by atoms with Crippen molar-refractivity contribution in [3.8, 4) is 5.75 Å². The number of benzene rings is 2. The number of phenolic OH excluding ortho intramolecular Hbond substituents is 1. The van der Waals surface area contributed by atoms with Crippen molar-refractivity contribution in [2.75, 3.05) is 39.4 Å². The molecule has 1 heterocycles. The minimum Gasteiger partial charge on any atom is -0.508 e. The Hall–Kier alpha value is -1.84. The molecule has 1 fully saturated rings. The fraction of sp³-hybridized carbons (Fsp3) is 0.435. The van der Waals surface area contributed by atoms with E-state index in [1.54, 1.807) is 12.1 Å². The van der Waals surface area contributed by atoms with Gasteiger partial charge in [0.25, 0.3) is 0 Å². The van der Waals surface area contributed by atoms with E-state index in [1.807, 2.05) is 12.1 Å². The molecular weight excluding hydrogens is 491 g/mol. The molecule has 6 nitrogen and oxygen atoms in total. The number of ether oxygens (including phenoxy) is 1. The van der Waals surface area contributed by atoms with Gasteiger partial charge in [-0.3, -0.25) is 4.90 Å². The zero-order valence-corrected chi connectivity index (χ0v) is 20.0. The molecule has 0 saturated carbocycles. The number of hydrogen-bond donors (Lipinski definition) is 3. The standard InChI is InChI=1S/C23H32N4O2.HI/c1-2-24-23(25-11-10-19-6-5-9-22(28)16-19)26-17-20-7-3-4-8-21(20)18-27-12-14-29-15-13-27;/h3-9,16,28H,2,10-15,17-18H2,1H3,(H2,24,25,26);1H. The molecule has 0 unspecified atom stereocenters. The number of nitrogens with zero attached hydrogens (tertiary/aromatic N) is 2. The summed E-state index contributed by atoms with van der Waals surface area (Å²) in [5.41, 5.74) is 3.68. The molecule has 7 heteroatoms. The van der Waals surface area contributed by atoms with E-state index < -0.39 is 0 Å². The van der Waals surface area contributed by atoms with Gasteiger partial charge in [0, 0.05) is 32.7 Å². The van der Waals surface area contributed by atoms with Gasteiger partial charge in [0.15, 0.2) is 5.96 Å². The third-order valence-corrected chi connectivity index (χ3v) is 4.98. The van der Waals surface area contributed by atoms with Gasteiger partial charge in [-0.05, 0) is 42.2 Å². The Morgan fingerprint density at radius 2 is 1.83 bits per heavy atom. The van der Waals surface area contributed by atoms with Gasteiger partial charge in [0.1, 0.15) is 5.75 Å². The molecule has 0 aliphatic carbocycles. The van der Waals surface area contributed by atoms with Crippen LogP contribution < -0.4 is 10.6 Å². The second-order valence-corrected chi connectivity index (χ2v) is 7.20. The molecule has 1 saturated heterocycles. The monoisotopic (exact) mass is 524 g/mol. The van der Waals surface area contributed by atoms with E-state index in [0.717, 1.165) is 63.9 Å². The van der Waals surface area contributed by atoms with Crippen molar-refractivity contribution in [3.05, 3.63) is 65.2 Å². The number of phenols is 1. The Labute approximate surface area is 196 Å². The summed E-state index contributed by atoms with van der Waals surface area (Å²) in [5, 5.41) is 16.3. The highest BCUT2D eigenvalue weighted by atomic mass is 127. The second kappa shape index (κ2) is 13.5. The molecule has 0 bridgehead atoms. The van der Waals surface area contributed by atoms with Crippen molar-refractivity contribution in [1.29, 1.82) is 0 Å². The molecule has 1 aliphatic heterocycles. The van der Waals surface area contributed by atoms with Gasteiger partial charge in [0.2, 0.25) is 0 Å². The summed E-state index contributed by atoms with van der Waals surface area (Å²) in [6, 6.07) is 15.9. The number of rotatable bonds is 8. The maximum Gasteiger partial charge on any atom is 0.191 e. The molecule has 3 N–H and O–H groups in total. The van der Waals surface area contributed by atoms with E-state index >= 15 is 0 Å². The van der Waals surface area contributed by atoms with Crippen molar-refractivity contribution in [2.24, 2.45) is 4.99 Å². The zero-order valence-electron chi connectivity index (χ0n) is 17.6. The summed E-state index contributed by atoms with van der Waals surface area (Å²) in [4.78, 5) is 7.22. The van der Waals surface area contributed by atoms with Crippen molar-refractivity contribution in [3.63, 3.8) is 0 Å². The lowest BCUT2D eigenvalue weighted by Crippen LogP contribution is -2.38. The van der Waals surface area contributed by atoms with Crippen LogP contribution in [0, 0.1) is 0 Å². The Bertz CT molecular complexity index is 794. The van der Waals surface area contributed by atoms with E-state index in [1.165, 1.54) is 11.1 Å². The third kappa shape index (κ3) is 8.12. The van der Waals surface area contributed by atoms with Crippen LogP contribution in [0.1, 0.15) is 23.6 Å². The van der Waals surface area contributed by atoms with Gasteiger partial charge in [0.05, 0.1) is 19.8 Å². The lowest BCUT2D eigenvalue weighted by molar-refractivity contribution is 0.0341. The molecule has 164 valence electrons. The first-order valence-electron chi connectivity index (χ1n) is 10.4. The van der Waals surface area contributed by atoms with Crippen LogP contribution in [0.15, 0.2) is 53.5 Å². The summed E-state index contributed by atoms with van der Waals surface area (Å²) in [5.74, 6) is 1.12. The highest BCUT2D eigenvalue weighted by Gasteiger charge is 2.12. The van der Waals surface area contributed by atoms with Gasteiger partial charge >= 0.3 is 0 Å². The summed E-state index contributed by atoms with van der Waals surface area (Å²) in [6.07, 6.45) is 0.826. The Kier molecular flexibility index (Phi) is 11.0. The highest BCUT2D eigenvalue weighted by Crippen LogP contribution is 2.14. The first-order valence-corrected chi connectivity index (χ1v) is 10.4. The average Bonchev–Trinajstić information content (AvgIpc) is 2.74. The molecule has 0 atom stereocenters. The summed E-state index contributed by atoms with van der Waals surface area (Å²) in [6.45, 7) is 8.81. The van der Waals surface area contributed by atoms with E-state index in [0.29, 0.717) is 12.3 Å². The van der Waals surface area contributed by atoms with Crippen LogP contribution in [-0.4, -0.2) is 55.4 Å². The molecule has 2 aromatic rings. The molecule has 0 amide bonds. The van der Waals surface area contributed by atoms with Gasteiger partial charge < -0.3 is 20.5 Å². The van der Waals surface area contributed by atoms with Crippen molar-refractivity contribution >= 4 is 29.9 Å².